The number of rotatable bonds is 5. The molecule has 0 unspecified atom stereocenters. The molecule has 2 atom stereocenters. The van der Waals surface area contributed by atoms with Crippen molar-refractivity contribution in [2.24, 2.45) is 0 Å². The molecule has 5 rings (SSSR count). The maximum atomic E-state index is 14.0. The molecule has 0 bridgehead atoms. The van der Waals surface area contributed by atoms with Gasteiger partial charge >= 0.3 is 12.1 Å². The second-order valence-corrected chi connectivity index (χ2v) is 8.71. The summed E-state index contributed by atoms with van der Waals surface area (Å²) in [5.41, 5.74) is -1.16. The van der Waals surface area contributed by atoms with Gasteiger partial charge in [-0.1, -0.05) is 54.6 Å². The van der Waals surface area contributed by atoms with Crippen LogP contribution >= 0.6 is 0 Å². The number of alkyl halides is 3. The van der Waals surface area contributed by atoms with Gasteiger partial charge in [0, 0.05) is 11.1 Å². The molecule has 1 amide bonds. The molecule has 1 heterocycles. The summed E-state index contributed by atoms with van der Waals surface area (Å²) in [7, 11) is 0. The highest BCUT2D eigenvalue weighted by Crippen LogP contribution is 2.72. The SMILES string of the molecule is C=C[C@]1(c2ccccc2C(F)(F)F)C[C@@]12C(=O)N(Cc1cccc(C(=O)O)c1)c1ccccc12. The average molecular weight is 463 g/mol. The summed E-state index contributed by atoms with van der Waals surface area (Å²) in [5, 5.41) is 9.31. The molecule has 1 saturated carbocycles. The Bertz CT molecular complexity index is 1350. The van der Waals surface area contributed by atoms with Crippen LogP contribution in [0.25, 0.3) is 0 Å². The first-order chi connectivity index (χ1) is 16.2. The normalized spacial score (nSPS) is 23.1. The van der Waals surface area contributed by atoms with Crippen LogP contribution < -0.4 is 4.90 Å². The summed E-state index contributed by atoms with van der Waals surface area (Å²) in [6.07, 6.45) is -2.92. The van der Waals surface area contributed by atoms with Gasteiger partial charge in [-0.2, -0.15) is 13.2 Å². The number of para-hydroxylation sites is 1. The van der Waals surface area contributed by atoms with Crippen molar-refractivity contribution in [3.63, 3.8) is 0 Å². The molecular formula is C27H20F3NO3. The number of amides is 1. The van der Waals surface area contributed by atoms with Gasteiger partial charge in [-0.25, -0.2) is 4.79 Å². The van der Waals surface area contributed by atoms with E-state index in [1.807, 2.05) is 0 Å². The number of hydrogen-bond acceptors (Lipinski definition) is 2. The fourth-order valence-corrected chi connectivity index (χ4v) is 5.44. The summed E-state index contributed by atoms with van der Waals surface area (Å²) in [6, 6.07) is 18.7. The summed E-state index contributed by atoms with van der Waals surface area (Å²) >= 11 is 0. The zero-order chi connectivity index (χ0) is 24.3. The summed E-state index contributed by atoms with van der Waals surface area (Å²) < 4.78 is 41.7. The van der Waals surface area contributed by atoms with Gasteiger partial charge in [0.25, 0.3) is 0 Å². The Hall–Kier alpha value is -3.87. The van der Waals surface area contributed by atoms with E-state index >= 15 is 0 Å². The largest absolute Gasteiger partial charge is 0.478 e. The number of carboxylic acid groups (broad SMARTS) is 1. The lowest BCUT2D eigenvalue weighted by molar-refractivity contribution is -0.138. The van der Waals surface area contributed by atoms with Crippen LogP contribution in [0.15, 0.2) is 85.5 Å². The van der Waals surface area contributed by atoms with Crippen LogP contribution in [0.1, 0.15) is 39.0 Å². The van der Waals surface area contributed by atoms with E-state index in [1.165, 1.54) is 35.2 Å². The summed E-state index contributed by atoms with van der Waals surface area (Å²) in [6.45, 7) is 3.96. The number of halogens is 3. The Kier molecular flexibility index (Phi) is 4.72. The second kappa shape index (κ2) is 7.32. The standard InChI is InChI=1S/C27H20F3NO3/c1-2-25(19-10-3-4-11-20(19)27(28,29)30)16-26(25)21-12-5-6-13-22(21)31(24(26)34)15-17-8-7-9-18(14-17)23(32)33/h2-14H,1,15-16H2,(H,32,33)/t25-,26-/m1/s1. The molecule has 1 aliphatic heterocycles. The number of nitrogens with zero attached hydrogens (tertiary/aromatic N) is 1. The molecular weight excluding hydrogens is 443 g/mol. The van der Waals surface area contributed by atoms with Crippen LogP contribution in [-0.2, 0) is 28.3 Å². The van der Waals surface area contributed by atoms with Crippen molar-refractivity contribution in [1.82, 2.24) is 0 Å². The van der Waals surface area contributed by atoms with E-state index in [-0.39, 0.29) is 30.0 Å². The van der Waals surface area contributed by atoms with Crippen molar-refractivity contribution < 1.29 is 27.9 Å². The fraction of sp³-hybridized carbons (Fsp3) is 0.185. The lowest BCUT2D eigenvalue weighted by Gasteiger charge is -2.24. The molecule has 1 aliphatic carbocycles. The third-order valence-electron chi connectivity index (χ3n) is 7.02. The van der Waals surface area contributed by atoms with Crippen molar-refractivity contribution in [3.8, 4) is 0 Å². The van der Waals surface area contributed by atoms with Gasteiger partial charge < -0.3 is 10.0 Å². The lowest BCUT2D eigenvalue weighted by Crippen LogP contribution is -2.36. The number of anilines is 1. The van der Waals surface area contributed by atoms with Gasteiger partial charge in [0.05, 0.1) is 23.1 Å². The quantitative estimate of drug-likeness (QED) is 0.493. The monoisotopic (exact) mass is 463 g/mol. The van der Waals surface area contributed by atoms with Crippen LogP contribution in [0.2, 0.25) is 0 Å². The molecule has 172 valence electrons. The van der Waals surface area contributed by atoms with E-state index < -0.39 is 28.5 Å². The lowest BCUT2D eigenvalue weighted by atomic mass is 9.80. The van der Waals surface area contributed by atoms with Crippen LogP contribution in [0, 0.1) is 0 Å². The zero-order valence-electron chi connectivity index (χ0n) is 18.0. The van der Waals surface area contributed by atoms with Crippen molar-refractivity contribution >= 4 is 17.6 Å². The summed E-state index contributed by atoms with van der Waals surface area (Å²) in [5.74, 6) is -1.39. The van der Waals surface area contributed by atoms with Crippen molar-refractivity contribution in [2.45, 2.75) is 30.0 Å². The number of aromatic carboxylic acids is 1. The summed E-state index contributed by atoms with van der Waals surface area (Å²) in [4.78, 5) is 26.9. The molecule has 0 radical (unpaired) electrons. The number of hydrogen-bond donors (Lipinski definition) is 1. The highest BCUT2D eigenvalue weighted by atomic mass is 19.4. The minimum atomic E-state index is -4.57. The van der Waals surface area contributed by atoms with E-state index in [0.717, 1.165) is 6.07 Å². The predicted molar refractivity (Wildman–Crippen MR) is 121 cm³/mol. The topological polar surface area (TPSA) is 57.6 Å². The number of benzene rings is 3. The fourth-order valence-electron chi connectivity index (χ4n) is 5.44. The molecule has 34 heavy (non-hydrogen) atoms. The second-order valence-electron chi connectivity index (χ2n) is 8.71. The molecule has 3 aromatic rings. The Balaban J connectivity index is 1.62. The minimum Gasteiger partial charge on any atom is -0.478 e. The van der Waals surface area contributed by atoms with Crippen LogP contribution in [0.3, 0.4) is 0 Å². The molecule has 2 aliphatic rings. The molecule has 1 N–H and O–H groups in total. The first-order valence-corrected chi connectivity index (χ1v) is 10.7. The number of allylic oxidation sites excluding steroid dienone is 1. The minimum absolute atomic E-state index is 0.0374. The van der Waals surface area contributed by atoms with E-state index in [4.69, 9.17) is 0 Å². The van der Waals surface area contributed by atoms with Crippen LogP contribution in [-0.4, -0.2) is 17.0 Å². The Morgan fingerprint density at radius 3 is 2.38 bits per heavy atom. The first kappa shape index (κ1) is 21.9. The Morgan fingerprint density at radius 2 is 1.71 bits per heavy atom. The highest BCUT2D eigenvalue weighted by molar-refractivity contribution is 6.13. The van der Waals surface area contributed by atoms with E-state index in [0.29, 0.717) is 16.8 Å². The molecule has 4 nitrogen and oxygen atoms in total. The average Bonchev–Trinajstić information content (AvgIpc) is 3.47. The third kappa shape index (κ3) is 2.93. The zero-order valence-corrected chi connectivity index (χ0v) is 18.0. The molecule has 7 heteroatoms. The maximum absolute atomic E-state index is 14.0. The first-order valence-electron chi connectivity index (χ1n) is 10.7. The number of carboxylic acids is 1. The van der Waals surface area contributed by atoms with Crippen molar-refractivity contribution in [1.29, 1.82) is 0 Å². The van der Waals surface area contributed by atoms with E-state index in [9.17, 15) is 27.9 Å². The number of fused-ring (bicyclic) bond motifs is 2. The van der Waals surface area contributed by atoms with Gasteiger partial charge in [-0.3, -0.25) is 4.79 Å². The van der Waals surface area contributed by atoms with Gasteiger partial charge in [0.1, 0.15) is 0 Å². The third-order valence-corrected chi connectivity index (χ3v) is 7.02. The van der Waals surface area contributed by atoms with Crippen LogP contribution in [0.5, 0.6) is 0 Å². The molecule has 0 aromatic heterocycles. The van der Waals surface area contributed by atoms with Gasteiger partial charge in [0.2, 0.25) is 5.91 Å². The highest BCUT2D eigenvalue weighted by Gasteiger charge is 2.76. The van der Waals surface area contributed by atoms with E-state index in [1.54, 1.807) is 42.5 Å². The molecule has 1 fully saturated rings. The predicted octanol–water partition coefficient (Wildman–Crippen LogP) is 5.72. The maximum Gasteiger partial charge on any atom is 0.416 e. The van der Waals surface area contributed by atoms with Gasteiger partial charge in [-0.15, -0.1) is 6.58 Å². The van der Waals surface area contributed by atoms with Gasteiger partial charge in [-0.05, 0) is 47.4 Å². The number of carbonyl (C=O) groups excluding carboxylic acids is 1. The van der Waals surface area contributed by atoms with Crippen LogP contribution in [0.4, 0.5) is 18.9 Å². The Labute approximate surface area is 194 Å². The molecule has 1 spiro atoms. The number of carbonyl (C=O) groups is 2. The molecule has 3 aromatic carbocycles. The molecule has 0 saturated heterocycles. The van der Waals surface area contributed by atoms with Crippen molar-refractivity contribution in [2.75, 3.05) is 4.90 Å². The van der Waals surface area contributed by atoms with Gasteiger partial charge in [0.15, 0.2) is 0 Å². The smallest absolute Gasteiger partial charge is 0.416 e. The van der Waals surface area contributed by atoms with Crippen molar-refractivity contribution in [3.05, 3.63) is 113 Å². The van der Waals surface area contributed by atoms with E-state index in [2.05, 4.69) is 6.58 Å². The Morgan fingerprint density at radius 1 is 1.03 bits per heavy atom.